The van der Waals surface area contributed by atoms with Crippen LogP contribution in [0, 0.1) is 17.8 Å². The maximum absolute atomic E-state index is 12.1. The summed E-state index contributed by atoms with van der Waals surface area (Å²) in [7, 11) is 0. The van der Waals surface area contributed by atoms with E-state index < -0.39 is 12.0 Å². The van der Waals surface area contributed by atoms with E-state index in [0.29, 0.717) is 25.6 Å². The Balaban J connectivity index is 2.52. The minimum Gasteiger partial charge on any atom is -0.480 e. The first kappa shape index (κ1) is 16.0. The van der Waals surface area contributed by atoms with Gasteiger partial charge < -0.3 is 15.2 Å². The van der Waals surface area contributed by atoms with Crippen LogP contribution in [0.25, 0.3) is 0 Å². The van der Waals surface area contributed by atoms with E-state index in [1.165, 1.54) is 0 Å². The molecule has 1 heterocycles. The molecule has 19 heavy (non-hydrogen) atoms. The van der Waals surface area contributed by atoms with E-state index in [1.54, 1.807) is 0 Å². The summed E-state index contributed by atoms with van der Waals surface area (Å²) in [5, 5.41) is 11.8. The summed E-state index contributed by atoms with van der Waals surface area (Å²) in [6.45, 7) is 7.15. The Hall–Kier alpha value is -1.10. The molecular weight excluding hydrogens is 246 g/mol. The number of carbonyl (C=O) groups is 2. The molecule has 2 atom stereocenters. The number of carbonyl (C=O) groups excluding carboxylic acids is 1. The molecule has 1 aliphatic rings. The molecule has 5 nitrogen and oxygen atoms in total. The fraction of sp³-hybridized carbons (Fsp3) is 0.857. The second kappa shape index (κ2) is 7.48. The minimum atomic E-state index is -0.957. The fourth-order valence-electron chi connectivity index (χ4n) is 2.43. The van der Waals surface area contributed by atoms with Crippen LogP contribution in [0.1, 0.15) is 40.0 Å². The van der Waals surface area contributed by atoms with E-state index in [1.807, 2.05) is 20.8 Å². The summed E-state index contributed by atoms with van der Waals surface area (Å²) in [5.74, 6) is -0.735. The number of hydrogen-bond donors (Lipinski definition) is 2. The summed E-state index contributed by atoms with van der Waals surface area (Å²) in [5.41, 5.74) is 0. The maximum atomic E-state index is 12.1. The largest absolute Gasteiger partial charge is 0.480 e. The molecule has 0 aromatic carbocycles. The highest BCUT2D eigenvalue weighted by Gasteiger charge is 2.29. The van der Waals surface area contributed by atoms with Gasteiger partial charge in [0.1, 0.15) is 6.04 Å². The summed E-state index contributed by atoms with van der Waals surface area (Å²) >= 11 is 0. The highest BCUT2D eigenvalue weighted by atomic mass is 16.5. The van der Waals surface area contributed by atoms with Crippen LogP contribution in [-0.2, 0) is 14.3 Å². The van der Waals surface area contributed by atoms with Crippen molar-refractivity contribution < 1.29 is 19.4 Å². The van der Waals surface area contributed by atoms with Crippen LogP contribution < -0.4 is 5.32 Å². The molecular formula is C14H25NO4. The molecule has 1 aliphatic heterocycles. The van der Waals surface area contributed by atoms with E-state index >= 15 is 0 Å². The molecule has 5 heteroatoms. The molecule has 1 rings (SSSR count). The highest BCUT2D eigenvalue weighted by Crippen LogP contribution is 2.23. The molecule has 0 spiro atoms. The van der Waals surface area contributed by atoms with E-state index in [0.717, 1.165) is 12.8 Å². The van der Waals surface area contributed by atoms with Crippen LogP contribution in [0.5, 0.6) is 0 Å². The van der Waals surface area contributed by atoms with Gasteiger partial charge in [-0.3, -0.25) is 4.79 Å². The van der Waals surface area contributed by atoms with Gasteiger partial charge in [0.15, 0.2) is 0 Å². The Labute approximate surface area is 114 Å². The molecule has 0 aromatic heterocycles. The van der Waals surface area contributed by atoms with Gasteiger partial charge in [-0.25, -0.2) is 4.79 Å². The fourth-order valence-corrected chi connectivity index (χ4v) is 2.43. The van der Waals surface area contributed by atoms with Crippen LogP contribution in [0.4, 0.5) is 0 Å². The van der Waals surface area contributed by atoms with Gasteiger partial charge >= 0.3 is 5.97 Å². The second-order valence-electron chi connectivity index (χ2n) is 5.77. The molecule has 0 aromatic rings. The lowest BCUT2D eigenvalue weighted by atomic mass is 9.86. The summed E-state index contributed by atoms with van der Waals surface area (Å²) in [4.78, 5) is 23.3. The molecule has 0 bridgehead atoms. The predicted octanol–water partition coefficient (Wildman–Crippen LogP) is 1.66. The van der Waals surface area contributed by atoms with Crippen LogP contribution in [0.3, 0.4) is 0 Å². The summed E-state index contributed by atoms with van der Waals surface area (Å²) in [6.07, 6.45) is 2.20. The van der Waals surface area contributed by atoms with Gasteiger partial charge in [-0.1, -0.05) is 20.8 Å². The zero-order valence-electron chi connectivity index (χ0n) is 12.0. The Morgan fingerprint density at radius 2 is 1.84 bits per heavy atom. The molecule has 0 saturated carbocycles. The molecule has 110 valence electrons. The third kappa shape index (κ3) is 5.19. The number of rotatable bonds is 6. The third-order valence-electron chi connectivity index (χ3n) is 3.71. The van der Waals surface area contributed by atoms with Crippen LogP contribution in [0.2, 0.25) is 0 Å². The first-order valence-corrected chi connectivity index (χ1v) is 7.02. The van der Waals surface area contributed by atoms with Crippen LogP contribution >= 0.6 is 0 Å². The number of ether oxygens (including phenoxy) is 1. The zero-order valence-corrected chi connectivity index (χ0v) is 12.0. The molecule has 0 aliphatic carbocycles. The Morgan fingerprint density at radius 1 is 1.26 bits per heavy atom. The van der Waals surface area contributed by atoms with Gasteiger partial charge in [-0.15, -0.1) is 0 Å². The monoisotopic (exact) mass is 271 g/mol. The lowest BCUT2D eigenvalue weighted by Gasteiger charge is -2.28. The van der Waals surface area contributed by atoms with Crippen molar-refractivity contribution in [2.75, 3.05) is 13.2 Å². The first-order chi connectivity index (χ1) is 8.91. The molecule has 2 N–H and O–H groups in total. The number of nitrogens with one attached hydrogen (secondary N) is 1. The molecule has 0 radical (unpaired) electrons. The van der Waals surface area contributed by atoms with Crippen molar-refractivity contribution in [1.82, 2.24) is 5.32 Å². The lowest BCUT2D eigenvalue weighted by Crippen LogP contribution is -2.45. The first-order valence-electron chi connectivity index (χ1n) is 7.02. The maximum Gasteiger partial charge on any atom is 0.326 e. The Kier molecular flexibility index (Phi) is 6.28. The third-order valence-corrected chi connectivity index (χ3v) is 3.71. The minimum absolute atomic E-state index is 0.153. The van der Waals surface area contributed by atoms with Crippen molar-refractivity contribution in [2.24, 2.45) is 17.8 Å². The molecule has 1 amide bonds. The summed E-state index contributed by atoms with van der Waals surface area (Å²) < 4.78 is 5.28. The van der Waals surface area contributed by atoms with Crippen molar-refractivity contribution in [2.45, 2.75) is 46.1 Å². The smallest absolute Gasteiger partial charge is 0.326 e. The number of amides is 1. The van der Waals surface area contributed by atoms with Gasteiger partial charge in [-0.2, -0.15) is 0 Å². The van der Waals surface area contributed by atoms with Gasteiger partial charge in [0.05, 0.1) is 0 Å². The standard InChI is InChI=1S/C14H25NO4/c1-9(2)8-12(14(17)18)15-13(16)10(3)11-4-6-19-7-5-11/h9-12H,4-8H2,1-3H3,(H,15,16)(H,17,18)/t10?,12-/m1/s1. The van der Waals surface area contributed by atoms with Crippen molar-refractivity contribution in [1.29, 1.82) is 0 Å². The van der Waals surface area contributed by atoms with E-state index in [2.05, 4.69) is 5.32 Å². The average molecular weight is 271 g/mol. The molecule has 1 fully saturated rings. The topological polar surface area (TPSA) is 75.6 Å². The van der Waals surface area contributed by atoms with Crippen molar-refractivity contribution >= 4 is 11.9 Å². The molecule has 1 saturated heterocycles. The van der Waals surface area contributed by atoms with Gasteiger partial charge in [-0.05, 0) is 31.1 Å². The van der Waals surface area contributed by atoms with Crippen molar-refractivity contribution in [3.05, 3.63) is 0 Å². The van der Waals surface area contributed by atoms with Crippen molar-refractivity contribution in [3.63, 3.8) is 0 Å². The Morgan fingerprint density at radius 3 is 2.32 bits per heavy atom. The predicted molar refractivity (Wildman–Crippen MR) is 71.7 cm³/mol. The van der Waals surface area contributed by atoms with Crippen LogP contribution in [-0.4, -0.2) is 36.2 Å². The summed E-state index contributed by atoms with van der Waals surface area (Å²) in [6, 6.07) is -0.783. The average Bonchev–Trinajstić information content (AvgIpc) is 2.37. The number of aliphatic carboxylic acids is 1. The van der Waals surface area contributed by atoms with E-state index in [4.69, 9.17) is 9.84 Å². The SMILES string of the molecule is CC(C)C[C@@H](NC(=O)C(C)C1CCOCC1)C(=O)O. The second-order valence-corrected chi connectivity index (χ2v) is 5.77. The van der Waals surface area contributed by atoms with Crippen molar-refractivity contribution in [3.8, 4) is 0 Å². The molecule has 1 unspecified atom stereocenters. The van der Waals surface area contributed by atoms with Gasteiger partial charge in [0.2, 0.25) is 5.91 Å². The van der Waals surface area contributed by atoms with Gasteiger partial charge in [0.25, 0.3) is 0 Å². The van der Waals surface area contributed by atoms with Crippen LogP contribution in [0.15, 0.2) is 0 Å². The number of carboxylic acid groups (broad SMARTS) is 1. The number of carboxylic acids is 1. The van der Waals surface area contributed by atoms with E-state index in [9.17, 15) is 9.59 Å². The number of hydrogen-bond acceptors (Lipinski definition) is 3. The highest BCUT2D eigenvalue weighted by molar-refractivity contribution is 5.84. The van der Waals surface area contributed by atoms with Gasteiger partial charge in [0, 0.05) is 19.1 Å². The quantitative estimate of drug-likeness (QED) is 0.770. The Bertz CT molecular complexity index is 311. The normalized spacial score (nSPS) is 20.0. The zero-order chi connectivity index (χ0) is 14.4. The van der Waals surface area contributed by atoms with E-state index in [-0.39, 0.29) is 17.7 Å². The lowest BCUT2D eigenvalue weighted by molar-refractivity contribution is -0.143.